The first kappa shape index (κ1) is 13.0. The molecule has 0 atom stereocenters. The molecule has 0 radical (unpaired) electrons. The summed E-state index contributed by atoms with van der Waals surface area (Å²) < 4.78 is 0. The van der Waals surface area contributed by atoms with E-state index >= 15 is 0 Å². The highest BCUT2D eigenvalue weighted by atomic mass is 14.4. The maximum Gasteiger partial charge on any atom is 0.101 e. The molecule has 0 aliphatic heterocycles. The van der Waals surface area contributed by atoms with E-state index in [4.69, 9.17) is 15.8 Å². The van der Waals surface area contributed by atoms with Crippen LogP contribution in [0.3, 0.4) is 0 Å². The van der Waals surface area contributed by atoms with Gasteiger partial charge in [0.1, 0.15) is 12.1 Å². The third-order valence-corrected chi connectivity index (χ3v) is 2.85. The van der Waals surface area contributed by atoms with Gasteiger partial charge < -0.3 is 5.41 Å². The number of nitrogens with zero attached hydrogens (tertiary/aromatic N) is 4. The van der Waals surface area contributed by atoms with Crippen molar-refractivity contribution in [2.75, 3.05) is 0 Å². The third-order valence-electron chi connectivity index (χ3n) is 2.85. The molecule has 0 amide bonds. The number of benzene rings is 2. The van der Waals surface area contributed by atoms with Crippen molar-refractivity contribution in [3.8, 4) is 18.2 Å². The van der Waals surface area contributed by atoms with Gasteiger partial charge in [0.2, 0.25) is 0 Å². The normalized spacial score (nSPS) is 9.05. The van der Waals surface area contributed by atoms with E-state index in [0.717, 1.165) is 0 Å². The molecular formula is C16H7N4-. The summed E-state index contributed by atoms with van der Waals surface area (Å²) in [5.41, 5.74) is 0.981. The monoisotopic (exact) mass is 255 g/mol. The number of hydrogen-bond donors (Lipinski definition) is 0. The highest BCUT2D eigenvalue weighted by Gasteiger charge is 2.10. The molecule has 0 saturated carbocycles. The van der Waals surface area contributed by atoms with Crippen LogP contribution < -0.4 is 0 Å². The Labute approximate surface area is 116 Å². The molecule has 0 bridgehead atoms. The van der Waals surface area contributed by atoms with E-state index in [9.17, 15) is 5.41 Å². The van der Waals surface area contributed by atoms with Crippen molar-refractivity contribution in [3.05, 3.63) is 75.7 Å². The van der Waals surface area contributed by atoms with E-state index in [0.29, 0.717) is 11.1 Å². The van der Waals surface area contributed by atoms with E-state index < -0.39 is 0 Å². The van der Waals surface area contributed by atoms with Gasteiger partial charge in [-0.05, 0) is 23.3 Å². The van der Waals surface area contributed by atoms with Gasteiger partial charge in [0.15, 0.2) is 0 Å². The van der Waals surface area contributed by atoms with Crippen LogP contribution in [0.25, 0.3) is 5.41 Å². The van der Waals surface area contributed by atoms with Gasteiger partial charge in [0.05, 0.1) is 22.8 Å². The summed E-state index contributed by atoms with van der Waals surface area (Å²) in [7, 11) is 0. The second kappa shape index (κ2) is 5.48. The quantitative estimate of drug-likeness (QED) is 0.772. The van der Waals surface area contributed by atoms with Gasteiger partial charge in [-0.1, -0.05) is 30.3 Å². The van der Waals surface area contributed by atoms with Gasteiger partial charge in [-0.3, -0.25) is 0 Å². The average molecular weight is 255 g/mol. The van der Waals surface area contributed by atoms with Gasteiger partial charge in [-0.15, -0.1) is 5.71 Å². The molecule has 0 N–H and O–H groups in total. The number of rotatable bonds is 2. The fourth-order valence-corrected chi connectivity index (χ4v) is 1.90. The van der Waals surface area contributed by atoms with Crippen molar-refractivity contribution in [1.29, 1.82) is 15.8 Å². The minimum absolute atomic E-state index is 0.0974. The van der Waals surface area contributed by atoms with Crippen LogP contribution in [0, 0.1) is 34.0 Å². The topological polar surface area (TPSA) is 93.7 Å². The van der Waals surface area contributed by atoms with Crippen molar-refractivity contribution in [1.82, 2.24) is 0 Å². The minimum atomic E-state index is -0.184. The van der Waals surface area contributed by atoms with Crippen LogP contribution in [0.2, 0.25) is 0 Å². The SMILES string of the molecule is N#Cc1ccccc1C(=[N-])c1cccc(C#N)c1C#N. The first-order valence-corrected chi connectivity index (χ1v) is 5.72. The van der Waals surface area contributed by atoms with E-state index in [1.807, 2.05) is 18.2 Å². The van der Waals surface area contributed by atoms with E-state index in [-0.39, 0.29) is 22.4 Å². The summed E-state index contributed by atoms with van der Waals surface area (Å²) in [6.07, 6.45) is 0. The highest BCUT2D eigenvalue weighted by Crippen LogP contribution is 2.19. The summed E-state index contributed by atoms with van der Waals surface area (Å²) in [4.78, 5) is 0. The molecule has 2 aromatic rings. The standard InChI is InChI=1S/C16H7N4/c17-8-11-4-1-2-6-13(11)16(20)14-7-3-5-12(9-18)15(14)10-19/h1-7H/q-1. The van der Waals surface area contributed by atoms with Crippen LogP contribution in [-0.2, 0) is 0 Å². The first-order valence-electron chi connectivity index (χ1n) is 5.72. The van der Waals surface area contributed by atoms with Gasteiger partial charge in [-0.25, -0.2) is 0 Å². The lowest BCUT2D eigenvalue weighted by molar-refractivity contribution is 1.41. The van der Waals surface area contributed by atoms with E-state index in [1.54, 1.807) is 36.4 Å². The molecule has 0 aliphatic carbocycles. The maximum absolute atomic E-state index is 10.3. The molecule has 2 aromatic carbocycles. The maximum atomic E-state index is 10.3. The second-order valence-corrected chi connectivity index (χ2v) is 3.96. The first-order chi connectivity index (χ1) is 9.72. The van der Waals surface area contributed by atoms with Crippen molar-refractivity contribution < 1.29 is 0 Å². The summed E-state index contributed by atoms with van der Waals surface area (Å²) in [5.74, 6) is 0. The van der Waals surface area contributed by atoms with Gasteiger partial charge >= 0.3 is 0 Å². The van der Waals surface area contributed by atoms with Gasteiger partial charge in [0.25, 0.3) is 0 Å². The number of hydrogen-bond acceptors (Lipinski definition) is 3. The van der Waals surface area contributed by atoms with Crippen molar-refractivity contribution >= 4 is 5.71 Å². The van der Waals surface area contributed by atoms with E-state index in [2.05, 4.69) is 0 Å². The zero-order valence-corrected chi connectivity index (χ0v) is 10.3. The van der Waals surface area contributed by atoms with Gasteiger partial charge in [0, 0.05) is 0 Å². The average Bonchev–Trinajstić information content (AvgIpc) is 2.53. The highest BCUT2D eigenvalue weighted by molar-refractivity contribution is 6.17. The minimum Gasteiger partial charge on any atom is -0.803 e. The van der Waals surface area contributed by atoms with Crippen LogP contribution in [-0.4, -0.2) is 5.71 Å². The molecule has 20 heavy (non-hydrogen) atoms. The lowest BCUT2D eigenvalue weighted by Gasteiger charge is -2.16. The zero-order valence-electron chi connectivity index (χ0n) is 10.3. The predicted molar refractivity (Wildman–Crippen MR) is 73.6 cm³/mol. The Kier molecular flexibility index (Phi) is 3.57. The summed E-state index contributed by atoms with van der Waals surface area (Å²) in [6.45, 7) is 0. The summed E-state index contributed by atoms with van der Waals surface area (Å²) >= 11 is 0. The Morgan fingerprint density at radius 2 is 1.35 bits per heavy atom. The molecule has 0 aromatic heterocycles. The van der Waals surface area contributed by atoms with Crippen LogP contribution >= 0.6 is 0 Å². The number of nitriles is 3. The summed E-state index contributed by atoms with van der Waals surface area (Å²) in [5, 5.41) is 37.5. The molecule has 0 fully saturated rings. The smallest absolute Gasteiger partial charge is 0.101 e. The predicted octanol–water partition coefficient (Wildman–Crippen LogP) is 2.71. The fraction of sp³-hybridized carbons (Fsp3) is 0. The largest absolute Gasteiger partial charge is 0.803 e. The van der Waals surface area contributed by atoms with Crippen molar-refractivity contribution in [3.63, 3.8) is 0 Å². The lowest BCUT2D eigenvalue weighted by Crippen LogP contribution is -2.07. The molecule has 4 heteroatoms. The fourth-order valence-electron chi connectivity index (χ4n) is 1.90. The molecular weight excluding hydrogens is 248 g/mol. The molecule has 0 heterocycles. The van der Waals surface area contributed by atoms with Crippen molar-refractivity contribution in [2.24, 2.45) is 0 Å². The van der Waals surface area contributed by atoms with E-state index in [1.165, 1.54) is 6.07 Å². The lowest BCUT2D eigenvalue weighted by atomic mass is 9.93. The van der Waals surface area contributed by atoms with Crippen LogP contribution in [0.4, 0.5) is 0 Å². The molecule has 0 saturated heterocycles. The van der Waals surface area contributed by atoms with Crippen LogP contribution in [0.15, 0.2) is 42.5 Å². The molecule has 4 nitrogen and oxygen atoms in total. The third kappa shape index (κ3) is 2.12. The molecule has 0 spiro atoms. The second-order valence-electron chi connectivity index (χ2n) is 3.96. The van der Waals surface area contributed by atoms with Crippen LogP contribution in [0.5, 0.6) is 0 Å². The van der Waals surface area contributed by atoms with Crippen LogP contribution in [0.1, 0.15) is 27.8 Å². The molecule has 0 aliphatic rings. The molecule has 2 rings (SSSR count). The Hall–Kier alpha value is -3.42. The van der Waals surface area contributed by atoms with Gasteiger partial charge in [-0.2, -0.15) is 15.8 Å². The molecule has 0 unspecified atom stereocenters. The Balaban J connectivity index is 2.65. The van der Waals surface area contributed by atoms with Crippen molar-refractivity contribution in [2.45, 2.75) is 0 Å². The Bertz CT molecular complexity index is 814. The Morgan fingerprint density at radius 3 is 2.00 bits per heavy atom. The summed E-state index contributed by atoms with van der Waals surface area (Å²) in [6, 6.07) is 17.0. The Morgan fingerprint density at radius 1 is 0.750 bits per heavy atom. The molecule has 92 valence electrons. The zero-order chi connectivity index (χ0) is 14.5.